The highest BCUT2D eigenvalue weighted by Crippen LogP contribution is 2.17. The zero-order valence-corrected chi connectivity index (χ0v) is 9.57. The van der Waals surface area contributed by atoms with E-state index in [1.165, 1.54) is 10.9 Å². The second-order valence-corrected chi connectivity index (χ2v) is 4.03. The Labute approximate surface area is 99.7 Å². The molecule has 1 heterocycles. The van der Waals surface area contributed by atoms with Gasteiger partial charge in [0.05, 0.1) is 0 Å². The molecule has 0 fully saturated rings. The van der Waals surface area contributed by atoms with Crippen LogP contribution in [0.2, 0.25) is 0 Å². The number of hydrogen-bond donors (Lipinski definition) is 3. The van der Waals surface area contributed by atoms with Gasteiger partial charge in [0.25, 0.3) is 0 Å². The Balaban J connectivity index is 1.85. The van der Waals surface area contributed by atoms with Crippen molar-refractivity contribution in [1.29, 1.82) is 0 Å². The number of aromatic amines is 1. The number of fused-ring (bicyclic) bond motifs is 1. The van der Waals surface area contributed by atoms with Crippen molar-refractivity contribution in [3.63, 3.8) is 0 Å². The predicted octanol–water partition coefficient (Wildman–Crippen LogP) is 2.12. The molecule has 4 nitrogen and oxygen atoms in total. The third-order valence-corrected chi connectivity index (χ3v) is 2.73. The SMILES string of the molecule is O=C(O)CCCNCc1c[nH]c2ccccc12. The first-order valence-electron chi connectivity index (χ1n) is 5.75. The topological polar surface area (TPSA) is 65.1 Å². The summed E-state index contributed by atoms with van der Waals surface area (Å²) >= 11 is 0. The van der Waals surface area contributed by atoms with Crippen molar-refractivity contribution in [2.45, 2.75) is 19.4 Å². The number of carboxylic acids is 1. The van der Waals surface area contributed by atoms with Gasteiger partial charge in [0.1, 0.15) is 0 Å². The summed E-state index contributed by atoms with van der Waals surface area (Å²) in [6, 6.07) is 8.15. The van der Waals surface area contributed by atoms with Crippen molar-refractivity contribution in [3.8, 4) is 0 Å². The van der Waals surface area contributed by atoms with Crippen LogP contribution in [0.25, 0.3) is 10.9 Å². The van der Waals surface area contributed by atoms with E-state index in [-0.39, 0.29) is 6.42 Å². The second kappa shape index (κ2) is 5.50. The van der Waals surface area contributed by atoms with Gasteiger partial charge in [-0.2, -0.15) is 0 Å². The van der Waals surface area contributed by atoms with E-state index in [4.69, 9.17) is 5.11 Å². The molecule has 17 heavy (non-hydrogen) atoms. The molecule has 90 valence electrons. The highest BCUT2D eigenvalue weighted by molar-refractivity contribution is 5.82. The lowest BCUT2D eigenvalue weighted by Crippen LogP contribution is -2.15. The number of nitrogens with one attached hydrogen (secondary N) is 2. The molecule has 0 bridgehead atoms. The van der Waals surface area contributed by atoms with Crippen molar-refractivity contribution in [2.24, 2.45) is 0 Å². The maximum absolute atomic E-state index is 10.3. The lowest BCUT2D eigenvalue weighted by Gasteiger charge is -2.02. The van der Waals surface area contributed by atoms with Crippen molar-refractivity contribution in [1.82, 2.24) is 10.3 Å². The molecule has 0 atom stereocenters. The van der Waals surface area contributed by atoms with Crippen LogP contribution >= 0.6 is 0 Å². The molecule has 0 aliphatic carbocycles. The third kappa shape index (κ3) is 3.07. The van der Waals surface area contributed by atoms with Gasteiger partial charge in [-0.05, 0) is 24.6 Å². The summed E-state index contributed by atoms with van der Waals surface area (Å²) in [5.41, 5.74) is 2.35. The first-order valence-corrected chi connectivity index (χ1v) is 5.75. The van der Waals surface area contributed by atoms with Gasteiger partial charge < -0.3 is 15.4 Å². The first-order chi connectivity index (χ1) is 8.27. The van der Waals surface area contributed by atoms with Crippen LogP contribution in [0.3, 0.4) is 0 Å². The van der Waals surface area contributed by atoms with Crippen LogP contribution in [0.5, 0.6) is 0 Å². The summed E-state index contributed by atoms with van der Waals surface area (Å²) in [7, 11) is 0. The van der Waals surface area contributed by atoms with Crippen LogP contribution in [0, 0.1) is 0 Å². The Hall–Kier alpha value is -1.81. The van der Waals surface area contributed by atoms with E-state index in [0.717, 1.165) is 18.6 Å². The molecular formula is C13H16N2O2. The molecule has 1 aromatic carbocycles. The molecule has 0 spiro atoms. The molecule has 1 aromatic heterocycles. The van der Waals surface area contributed by atoms with E-state index in [1.807, 2.05) is 24.4 Å². The number of aromatic nitrogens is 1. The summed E-state index contributed by atoms with van der Waals surface area (Å²) in [5, 5.41) is 13.0. The average molecular weight is 232 g/mol. The molecule has 4 heteroatoms. The average Bonchev–Trinajstić information content (AvgIpc) is 2.72. The van der Waals surface area contributed by atoms with E-state index in [2.05, 4.69) is 16.4 Å². The van der Waals surface area contributed by atoms with Gasteiger partial charge in [0.15, 0.2) is 0 Å². The Morgan fingerprint density at radius 3 is 3.00 bits per heavy atom. The van der Waals surface area contributed by atoms with Gasteiger partial charge in [-0.25, -0.2) is 0 Å². The fourth-order valence-corrected chi connectivity index (χ4v) is 1.87. The van der Waals surface area contributed by atoms with Gasteiger partial charge >= 0.3 is 5.97 Å². The molecule has 0 radical (unpaired) electrons. The minimum Gasteiger partial charge on any atom is -0.481 e. The predicted molar refractivity (Wildman–Crippen MR) is 66.9 cm³/mol. The van der Waals surface area contributed by atoms with Gasteiger partial charge in [0, 0.05) is 30.1 Å². The number of hydrogen-bond acceptors (Lipinski definition) is 2. The highest BCUT2D eigenvalue weighted by Gasteiger charge is 2.02. The second-order valence-electron chi connectivity index (χ2n) is 4.03. The van der Waals surface area contributed by atoms with Crippen molar-refractivity contribution < 1.29 is 9.90 Å². The van der Waals surface area contributed by atoms with E-state index >= 15 is 0 Å². The Kier molecular flexibility index (Phi) is 3.77. The number of carboxylic acid groups (broad SMARTS) is 1. The maximum Gasteiger partial charge on any atom is 0.303 e. The van der Waals surface area contributed by atoms with Crippen LogP contribution in [0.4, 0.5) is 0 Å². The Morgan fingerprint density at radius 1 is 1.35 bits per heavy atom. The highest BCUT2D eigenvalue weighted by atomic mass is 16.4. The zero-order valence-electron chi connectivity index (χ0n) is 9.57. The molecule has 0 unspecified atom stereocenters. The van der Waals surface area contributed by atoms with E-state index < -0.39 is 5.97 Å². The van der Waals surface area contributed by atoms with Crippen LogP contribution in [0.1, 0.15) is 18.4 Å². The smallest absolute Gasteiger partial charge is 0.303 e. The quantitative estimate of drug-likeness (QED) is 0.668. The van der Waals surface area contributed by atoms with Crippen LogP contribution in [-0.2, 0) is 11.3 Å². The molecule has 0 saturated heterocycles. The molecule has 2 aromatic rings. The number of benzene rings is 1. The van der Waals surface area contributed by atoms with E-state index in [9.17, 15) is 4.79 Å². The summed E-state index contributed by atoms with van der Waals surface area (Å²) in [6.07, 6.45) is 2.88. The van der Waals surface area contributed by atoms with E-state index in [1.54, 1.807) is 0 Å². The molecule has 3 N–H and O–H groups in total. The van der Waals surface area contributed by atoms with E-state index in [0.29, 0.717) is 6.42 Å². The molecule has 0 aliphatic heterocycles. The van der Waals surface area contributed by atoms with Gasteiger partial charge in [-0.15, -0.1) is 0 Å². The summed E-state index contributed by atoms with van der Waals surface area (Å²) < 4.78 is 0. The fourth-order valence-electron chi connectivity index (χ4n) is 1.87. The van der Waals surface area contributed by atoms with Gasteiger partial charge in [0.2, 0.25) is 0 Å². The minimum absolute atomic E-state index is 0.223. The van der Waals surface area contributed by atoms with Crippen LogP contribution < -0.4 is 5.32 Å². The lowest BCUT2D eigenvalue weighted by molar-refractivity contribution is -0.137. The maximum atomic E-state index is 10.3. The summed E-state index contributed by atoms with van der Waals surface area (Å²) in [6.45, 7) is 1.50. The normalized spacial score (nSPS) is 10.8. The monoisotopic (exact) mass is 232 g/mol. The van der Waals surface area contributed by atoms with Gasteiger partial charge in [-0.3, -0.25) is 4.79 Å². The Bertz CT molecular complexity index is 505. The molecule has 0 aliphatic rings. The zero-order chi connectivity index (χ0) is 12.1. The van der Waals surface area contributed by atoms with Crippen LogP contribution in [0.15, 0.2) is 30.5 Å². The number of para-hydroxylation sites is 1. The third-order valence-electron chi connectivity index (χ3n) is 2.73. The summed E-state index contributed by atoms with van der Waals surface area (Å²) in [5.74, 6) is -0.737. The van der Waals surface area contributed by atoms with Crippen LogP contribution in [-0.4, -0.2) is 22.6 Å². The van der Waals surface area contributed by atoms with Crippen molar-refractivity contribution in [2.75, 3.05) is 6.54 Å². The number of H-pyrrole nitrogens is 1. The Morgan fingerprint density at radius 2 is 2.18 bits per heavy atom. The molecule has 0 saturated carbocycles. The first kappa shape index (κ1) is 11.7. The fraction of sp³-hybridized carbons (Fsp3) is 0.308. The molecular weight excluding hydrogens is 216 g/mol. The molecule has 2 rings (SSSR count). The standard InChI is InChI=1S/C13H16N2O2/c16-13(17)6-3-7-14-8-10-9-15-12-5-2-1-4-11(10)12/h1-2,4-5,9,14-15H,3,6-8H2,(H,16,17). The lowest BCUT2D eigenvalue weighted by atomic mass is 10.2. The van der Waals surface area contributed by atoms with Crippen molar-refractivity contribution in [3.05, 3.63) is 36.0 Å². The minimum atomic E-state index is -0.737. The largest absolute Gasteiger partial charge is 0.481 e. The molecule has 0 amide bonds. The number of carbonyl (C=O) groups is 1. The number of rotatable bonds is 6. The van der Waals surface area contributed by atoms with Crippen molar-refractivity contribution >= 4 is 16.9 Å². The number of aliphatic carboxylic acids is 1. The van der Waals surface area contributed by atoms with Gasteiger partial charge in [-0.1, -0.05) is 18.2 Å². The summed E-state index contributed by atoms with van der Waals surface area (Å²) in [4.78, 5) is 13.5.